The molecule has 1 saturated carbocycles. The van der Waals surface area contributed by atoms with Gasteiger partial charge in [-0.15, -0.1) is 11.3 Å². The third-order valence-corrected chi connectivity index (χ3v) is 4.86. The predicted molar refractivity (Wildman–Crippen MR) is 77.5 cm³/mol. The number of nitrogens with one attached hydrogen (secondary N) is 1. The molecule has 0 spiro atoms. The molecule has 19 heavy (non-hydrogen) atoms. The van der Waals surface area contributed by atoms with E-state index < -0.39 is 0 Å². The Morgan fingerprint density at radius 3 is 3.16 bits per heavy atom. The van der Waals surface area contributed by atoms with Gasteiger partial charge in [0.05, 0.1) is 23.4 Å². The molecule has 1 aromatic heterocycles. The van der Waals surface area contributed by atoms with Crippen LogP contribution in [0.3, 0.4) is 0 Å². The van der Waals surface area contributed by atoms with E-state index >= 15 is 0 Å². The Labute approximate surface area is 119 Å². The minimum absolute atomic E-state index is 0.346. The summed E-state index contributed by atoms with van der Waals surface area (Å²) in [6, 6.07) is 0.858. The number of hydrogen-bond donors (Lipinski definition) is 1. The first-order chi connectivity index (χ1) is 9.35. The first kappa shape index (κ1) is 13.5. The van der Waals surface area contributed by atoms with Gasteiger partial charge in [0, 0.05) is 37.6 Å². The van der Waals surface area contributed by atoms with Gasteiger partial charge in [-0.05, 0) is 19.3 Å². The van der Waals surface area contributed by atoms with Crippen LogP contribution in [0.25, 0.3) is 0 Å². The highest BCUT2D eigenvalue weighted by Crippen LogP contribution is 2.28. The molecule has 2 aliphatic rings. The van der Waals surface area contributed by atoms with Crippen molar-refractivity contribution in [3.63, 3.8) is 0 Å². The highest BCUT2D eigenvalue weighted by molar-refractivity contribution is 7.09. The molecule has 2 heterocycles. The summed E-state index contributed by atoms with van der Waals surface area (Å²) in [6.45, 7) is 7.04. The van der Waals surface area contributed by atoms with E-state index in [1.165, 1.54) is 17.8 Å². The SMILES string of the molecule is CCc1nc(CNC[C@@H]2CN(C3CC3)CCO2)cs1. The molecule has 4 nitrogen and oxygen atoms in total. The van der Waals surface area contributed by atoms with E-state index in [0.717, 1.165) is 50.9 Å². The van der Waals surface area contributed by atoms with E-state index in [-0.39, 0.29) is 0 Å². The van der Waals surface area contributed by atoms with Gasteiger partial charge >= 0.3 is 0 Å². The molecule has 1 aliphatic carbocycles. The lowest BCUT2D eigenvalue weighted by molar-refractivity contribution is -0.0301. The van der Waals surface area contributed by atoms with Crippen LogP contribution in [-0.2, 0) is 17.7 Å². The number of morpholine rings is 1. The van der Waals surface area contributed by atoms with Gasteiger partial charge in [-0.1, -0.05) is 6.92 Å². The van der Waals surface area contributed by atoms with Crippen molar-refractivity contribution in [1.82, 2.24) is 15.2 Å². The lowest BCUT2D eigenvalue weighted by Crippen LogP contribution is -2.47. The van der Waals surface area contributed by atoms with Crippen LogP contribution in [0.15, 0.2) is 5.38 Å². The smallest absolute Gasteiger partial charge is 0.0926 e. The molecule has 106 valence electrons. The molecule has 1 aromatic rings. The minimum atomic E-state index is 0.346. The molecule has 0 radical (unpaired) electrons. The third-order valence-electron chi connectivity index (χ3n) is 3.81. The molecular weight excluding hydrogens is 258 g/mol. The van der Waals surface area contributed by atoms with E-state index in [1.807, 2.05) is 0 Å². The van der Waals surface area contributed by atoms with Crippen molar-refractivity contribution in [2.75, 3.05) is 26.2 Å². The van der Waals surface area contributed by atoms with Crippen LogP contribution in [0.2, 0.25) is 0 Å². The zero-order chi connectivity index (χ0) is 13.1. The summed E-state index contributed by atoms with van der Waals surface area (Å²) < 4.78 is 5.83. The van der Waals surface area contributed by atoms with Crippen LogP contribution in [-0.4, -0.2) is 48.3 Å². The van der Waals surface area contributed by atoms with E-state index in [0.29, 0.717) is 6.10 Å². The van der Waals surface area contributed by atoms with Crippen molar-refractivity contribution in [1.29, 1.82) is 0 Å². The predicted octanol–water partition coefficient (Wildman–Crippen LogP) is 1.66. The average Bonchev–Trinajstić information content (AvgIpc) is 3.19. The Kier molecular flexibility index (Phi) is 4.48. The molecule has 0 amide bonds. The maximum absolute atomic E-state index is 5.83. The monoisotopic (exact) mass is 281 g/mol. The topological polar surface area (TPSA) is 37.4 Å². The molecule has 5 heteroatoms. The summed E-state index contributed by atoms with van der Waals surface area (Å²) in [5.74, 6) is 0. The summed E-state index contributed by atoms with van der Waals surface area (Å²) in [5, 5.41) is 6.87. The fourth-order valence-electron chi connectivity index (χ4n) is 2.59. The van der Waals surface area contributed by atoms with Gasteiger partial charge < -0.3 is 10.1 Å². The largest absolute Gasteiger partial charge is 0.374 e. The summed E-state index contributed by atoms with van der Waals surface area (Å²) in [7, 11) is 0. The summed E-state index contributed by atoms with van der Waals surface area (Å²) >= 11 is 1.76. The van der Waals surface area contributed by atoms with Gasteiger partial charge in [0.15, 0.2) is 0 Å². The highest BCUT2D eigenvalue weighted by atomic mass is 32.1. The lowest BCUT2D eigenvalue weighted by Gasteiger charge is -2.33. The van der Waals surface area contributed by atoms with Crippen molar-refractivity contribution < 1.29 is 4.74 Å². The number of aromatic nitrogens is 1. The van der Waals surface area contributed by atoms with Crippen LogP contribution in [0, 0.1) is 0 Å². The van der Waals surface area contributed by atoms with Crippen molar-refractivity contribution in [2.45, 2.75) is 44.9 Å². The van der Waals surface area contributed by atoms with E-state index in [9.17, 15) is 0 Å². The van der Waals surface area contributed by atoms with Crippen molar-refractivity contribution >= 4 is 11.3 Å². The average molecular weight is 281 g/mol. The van der Waals surface area contributed by atoms with Gasteiger partial charge in [-0.25, -0.2) is 4.98 Å². The second-order valence-corrected chi connectivity index (χ2v) is 6.38. The molecule has 1 atom stereocenters. The van der Waals surface area contributed by atoms with Crippen LogP contribution in [0.1, 0.15) is 30.5 Å². The second kappa shape index (κ2) is 6.31. The summed E-state index contributed by atoms with van der Waals surface area (Å²) in [5.41, 5.74) is 1.16. The van der Waals surface area contributed by atoms with E-state index in [4.69, 9.17) is 4.74 Å². The first-order valence-electron chi connectivity index (χ1n) is 7.35. The van der Waals surface area contributed by atoms with Gasteiger partial charge in [-0.2, -0.15) is 0 Å². The van der Waals surface area contributed by atoms with Gasteiger partial charge in [-0.3, -0.25) is 4.90 Å². The first-order valence-corrected chi connectivity index (χ1v) is 8.22. The van der Waals surface area contributed by atoms with E-state index in [2.05, 4.69) is 27.5 Å². The maximum atomic E-state index is 5.83. The van der Waals surface area contributed by atoms with Crippen LogP contribution < -0.4 is 5.32 Å². The minimum Gasteiger partial charge on any atom is -0.374 e. The molecule has 1 saturated heterocycles. The summed E-state index contributed by atoms with van der Waals surface area (Å²) in [6.07, 6.45) is 4.16. The fraction of sp³-hybridized carbons (Fsp3) is 0.786. The van der Waals surface area contributed by atoms with Crippen molar-refractivity contribution in [2.24, 2.45) is 0 Å². The molecule has 0 aromatic carbocycles. The molecule has 0 unspecified atom stereocenters. The molecule has 1 N–H and O–H groups in total. The van der Waals surface area contributed by atoms with Gasteiger partial charge in [0.1, 0.15) is 0 Å². The lowest BCUT2D eigenvalue weighted by atomic mass is 10.2. The molecule has 1 aliphatic heterocycles. The van der Waals surface area contributed by atoms with Gasteiger partial charge in [0.2, 0.25) is 0 Å². The Morgan fingerprint density at radius 1 is 1.53 bits per heavy atom. The number of thiazole rings is 1. The van der Waals surface area contributed by atoms with E-state index in [1.54, 1.807) is 11.3 Å². The number of rotatable bonds is 6. The molecule has 3 rings (SSSR count). The molecule has 0 bridgehead atoms. The Bertz CT molecular complexity index is 405. The Morgan fingerprint density at radius 2 is 2.42 bits per heavy atom. The third kappa shape index (κ3) is 3.75. The number of nitrogens with zero attached hydrogens (tertiary/aromatic N) is 2. The Balaban J connectivity index is 1.39. The highest BCUT2D eigenvalue weighted by Gasteiger charge is 2.32. The van der Waals surface area contributed by atoms with Crippen LogP contribution in [0.4, 0.5) is 0 Å². The van der Waals surface area contributed by atoms with Crippen molar-refractivity contribution in [3.05, 3.63) is 16.1 Å². The Hall–Kier alpha value is -0.490. The number of ether oxygens (including phenoxy) is 1. The number of hydrogen-bond acceptors (Lipinski definition) is 5. The van der Waals surface area contributed by atoms with Gasteiger partial charge in [0.25, 0.3) is 0 Å². The van der Waals surface area contributed by atoms with Crippen molar-refractivity contribution in [3.8, 4) is 0 Å². The normalized spacial score (nSPS) is 24.8. The standard InChI is InChI=1S/C14H23N3OS/c1-2-14-16-11(10-19-14)7-15-8-13-9-17(5-6-18-13)12-3-4-12/h10,12-13,15H,2-9H2,1H3/t13-/m1/s1. The second-order valence-electron chi connectivity index (χ2n) is 5.44. The molecular formula is C14H23N3OS. The van der Waals surface area contributed by atoms with Crippen LogP contribution in [0.5, 0.6) is 0 Å². The summed E-state index contributed by atoms with van der Waals surface area (Å²) in [4.78, 5) is 7.16. The fourth-order valence-corrected chi connectivity index (χ4v) is 3.34. The number of aryl methyl sites for hydroxylation is 1. The zero-order valence-corrected chi connectivity index (χ0v) is 12.4. The zero-order valence-electron chi connectivity index (χ0n) is 11.6. The quantitative estimate of drug-likeness (QED) is 0.860. The molecule has 2 fully saturated rings. The van der Waals surface area contributed by atoms with Crippen LogP contribution >= 0.6 is 11.3 Å². The maximum Gasteiger partial charge on any atom is 0.0926 e.